The van der Waals surface area contributed by atoms with Crippen LogP contribution >= 0.6 is 11.1 Å². The van der Waals surface area contributed by atoms with Crippen LogP contribution in [0, 0.1) is 0 Å². The average molecular weight is 152 g/mol. The van der Waals surface area contributed by atoms with E-state index in [0.717, 1.165) is 0 Å². The Morgan fingerprint density at radius 3 is 1.75 bits per heavy atom. The molecule has 1 atom stereocenters. The van der Waals surface area contributed by atoms with Crippen LogP contribution in [0.4, 0.5) is 0 Å². The summed E-state index contributed by atoms with van der Waals surface area (Å²) in [5, 5.41) is 0. The number of halogens is 1. The van der Waals surface area contributed by atoms with Gasteiger partial charge in [0, 0.05) is 0 Å². The van der Waals surface area contributed by atoms with Crippen LogP contribution in [-0.4, -0.2) is 26.9 Å². The summed E-state index contributed by atoms with van der Waals surface area (Å²) >= 11 is 6.02. The van der Waals surface area contributed by atoms with E-state index in [1.54, 1.807) is 0 Å². The van der Waals surface area contributed by atoms with E-state index in [0.29, 0.717) is 5.54 Å². The maximum Gasteiger partial charge on any atom is 0.215 e. The highest BCUT2D eigenvalue weighted by Gasteiger charge is 2.13. The topological polar surface area (TPSA) is 3.24 Å². The summed E-state index contributed by atoms with van der Waals surface area (Å²) in [5.74, 6) is 0. The van der Waals surface area contributed by atoms with Crippen LogP contribution in [0.2, 0.25) is 5.54 Å². The van der Waals surface area contributed by atoms with Crippen molar-refractivity contribution in [1.82, 2.24) is 4.57 Å². The molecule has 0 bridgehead atoms. The van der Waals surface area contributed by atoms with Gasteiger partial charge in [0.05, 0.1) is 0 Å². The smallest absolute Gasteiger partial charge is 0.215 e. The molecule has 0 saturated carbocycles. The third kappa shape index (κ3) is 2.70. The lowest BCUT2D eigenvalue weighted by atomic mass is 10.6. The van der Waals surface area contributed by atoms with Crippen LogP contribution in [0.25, 0.3) is 0 Å². The molecule has 0 aliphatic heterocycles. The molecule has 0 radical (unpaired) electrons. The lowest BCUT2D eigenvalue weighted by molar-refractivity contribution is 0.638. The van der Waals surface area contributed by atoms with Crippen LogP contribution in [0.5, 0.6) is 0 Å². The fourth-order valence-corrected chi connectivity index (χ4v) is 1.79. The Kier molecular flexibility index (Phi) is 3.69. The minimum absolute atomic E-state index is 0.673. The van der Waals surface area contributed by atoms with E-state index in [1.165, 1.54) is 0 Å². The van der Waals surface area contributed by atoms with Gasteiger partial charge in [-0.2, -0.15) is 0 Å². The van der Waals surface area contributed by atoms with Gasteiger partial charge in [-0.05, 0) is 19.6 Å². The molecular weight excluding hydrogens is 138 g/mol. The third-order valence-corrected chi connectivity index (χ3v) is 5.81. The Bertz CT molecular complexity index is 57.4. The van der Waals surface area contributed by atoms with Crippen LogP contribution in [0.15, 0.2) is 0 Å². The SMILES string of the molecule is CC(C)[SiH](Cl)N(C)C. The monoisotopic (exact) mass is 151 g/mol. The highest BCUT2D eigenvalue weighted by atomic mass is 35.6. The molecule has 1 nitrogen and oxygen atoms in total. The summed E-state index contributed by atoms with van der Waals surface area (Å²) < 4.78 is 2.15. The van der Waals surface area contributed by atoms with Gasteiger partial charge in [-0.15, -0.1) is 11.1 Å². The van der Waals surface area contributed by atoms with Gasteiger partial charge < -0.3 is 4.57 Å². The summed E-state index contributed by atoms with van der Waals surface area (Å²) in [5.41, 5.74) is 0.673. The largest absolute Gasteiger partial charge is 0.319 e. The Morgan fingerprint density at radius 2 is 1.75 bits per heavy atom. The number of rotatable bonds is 2. The van der Waals surface area contributed by atoms with Crippen LogP contribution in [-0.2, 0) is 0 Å². The van der Waals surface area contributed by atoms with Crippen molar-refractivity contribution in [3.63, 3.8) is 0 Å². The van der Waals surface area contributed by atoms with Gasteiger partial charge in [0.25, 0.3) is 0 Å². The molecule has 3 heteroatoms. The summed E-state index contributed by atoms with van der Waals surface area (Å²) in [4.78, 5) is 0. The summed E-state index contributed by atoms with van der Waals surface area (Å²) in [6, 6.07) is 0. The van der Waals surface area contributed by atoms with Crippen molar-refractivity contribution in [2.75, 3.05) is 14.1 Å². The summed E-state index contributed by atoms with van der Waals surface area (Å²) in [6.07, 6.45) is 0. The van der Waals surface area contributed by atoms with E-state index in [2.05, 4.69) is 18.4 Å². The van der Waals surface area contributed by atoms with Gasteiger partial charge in [0.1, 0.15) is 0 Å². The Hall–Kier alpha value is 0.467. The van der Waals surface area contributed by atoms with Crippen LogP contribution in [0.1, 0.15) is 13.8 Å². The van der Waals surface area contributed by atoms with Crippen LogP contribution in [0.3, 0.4) is 0 Å². The zero-order valence-electron chi connectivity index (χ0n) is 5.98. The van der Waals surface area contributed by atoms with Gasteiger partial charge in [-0.3, -0.25) is 0 Å². The van der Waals surface area contributed by atoms with Crippen molar-refractivity contribution in [1.29, 1.82) is 0 Å². The molecule has 0 aromatic carbocycles. The molecular formula is C5H14ClNSi. The molecule has 0 aliphatic carbocycles. The minimum atomic E-state index is -1.04. The first-order valence-corrected chi connectivity index (χ1v) is 5.79. The van der Waals surface area contributed by atoms with Crippen molar-refractivity contribution >= 4 is 19.3 Å². The van der Waals surface area contributed by atoms with Crippen molar-refractivity contribution in [3.8, 4) is 0 Å². The van der Waals surface area contributed by atoms with Crippen molar-refractivity contribution < 1.29 is 0 Å². The maximum absolute atomic E-state index is 6.02. The van der Waals surface area contributed by atoms with Crippen molar-refractivity contribution in [2.24, 2.45) is 0 Å². The highest BCUT2D eigenvalue weighted by molar-refractivity contribution is 7.05. The van der Waals surface area contributed by atoms with E-state index < -0.39 is 8.27 Å². The quantitative estimate of drug-likeness (QED) is 0.426. The van der Waals surface area contributed by atoms with E-state index in [-0.39, 0.29) is 0 Å². The fraction of sp³-hybridized carbons (Fsp3) is 1.00. The zero-order chi connectivity index (χ0) is 6.73. The predicted molar refractivity (Wildman–Crippen MR) is 41.8 cm³/mol. The second kappa shape index (κ2) is 3.48. The van der Waals surface area contributed by atoms with Gasteiger partial charge in [0.2, 0.25) is 8.27 Å². The van der Waals surface area contributed by atoms with E-state index in [4.69, 9.17) is 11.1 Å². The average Bonchev–Trinajstić information content (AvgIpc) is 1.64. The van der Waals surface area contributed by atoms with Gasteiger partial charge in [0.15, 0.2) is 0 Å². The second-order valence-corrected chi connectivity index (χ2v) is 7.03. The molecule has 0 saturated heterocycles. The lowest BCUT2D eigenvalue weighted by Crippen LogP contribution is -2.29. The molecule has 0 aromatic heterocycles. The molecule has 50 valence electrons. The molecule has 0 fully saturated rings. The molecule has 0 heterocycles. The molecule has 0 amide bonds. The predicted octanol–water partition coefficient (Wildman–Crippen LogP) is 1.42. The molecule has 0 spiro atoms. The normalized spacial score (nSPS) is 15.4. The zero-order valence-corrected chi connectivity index (χ0v) is 7.89. The summed E-state index contributed by atoms with van der Waals surface area (Å²) in [6.45, 7) is 4.34. The molecule has 0 rings (SSSR count). The van der Waals surface area contributed by atoms with Crippen molar-refractivity contribution in [3.05, 3.63) is 0 Å². The van der Waals surface area contributed by atoms with Gasteiger partial charge in [-0.1, -0.05) is 13.8 Å². The number of nitrogens with zero attached hydrogens (tertiary/aromatic N) is 1. The first kappa shape index (κ1) is 8.47. The van der Waals surface area contributed by atoms with Crippen molar-refractivity contribution in [2.45, 2.75) is 19.4 Å². The Labute approximate surface area is 58.0 Å². The van der Waals surface area contributed by atoms with Gasteiger partial charge in [-0.25, -0.2) is 0 Å². The molecule has 0 aliphatic rings. The van der Waals surface area contributed by atoms with E-state index in [1.807, 2.05) is 14.1 Å². The first-order valence-electron chi connectivity index (χ1n) is 2.86. The highest BCUT2D eigenvalue weighted by Crippen LogP contribution is 2.11. The third-order valence-electron chi connectivity index (χ3n) is 1.04. The molecule has 8 heavy (non-hydrogen) atoms. The molecule has 1 unspecified atom stereocenters. The van der Waals surface area contributed by atoms with E-state index >= 15 is 0 Å². The maximum atomic E-state index is 6.02. The fourth-order valence-electron chi connectivity index (χ4n) is 0.596. The molecule has 0 aromatic rings. The molecule has 0 N–H and O–H groups in total. The second-order valence-electron chi connectivity index (χ2n) is 2.58. The lowest BCUT2D eigenvalue weighted by Gasteiger charge is -2.18. The number of hydrogen-bond donors (Lipinski definition) is 0. The first-order chi connectivity index (χ1) is 3.55. The van der Waals surface area contributed by atoms with Crippen LogP contribution < -0.4 is 0 Å². The minimum Gasteiger partial charge on any atom is -0.319 e. The number of hydrogen-bond acceptors (Lipinski definition) is 1. The van der Waals surface area contributed by atoms with Gasteiger partial charge >= 0.3 is 0 Å². The Balaban J connectivity index is 3.46. The summed E-state index contributed by atoms with van der Waals surface area (Å²) in [7, 11) is 3.05. The van der Waals surface area contributed by atoms with E-state index in [9.17, 15) is 0 Å². The standard InChI is InChI=1S/C5H14ClNSi/c1-5(2)8(6)7(3)4/h5,8H,1-4H3. The Morgan fingerprint density at radius 1 is 1.38 bits per heavy atom.